The van der Waals surface area contributed by atoms with E-state index in [2.05, 4.69) is 41.2 Å². The molecule has 8 heteroatoms. The lowest BCUT2D eigenvalue weighted by Crippen LogP contribution is -2.36. The molecular formula is C23H29ClN4O2S. The van der Waals surface area contributed by atoms with Crippen LogP contribution in [0.3, 0.4) is 0 Å². The second-order valence-electron chi connectivity index (χ2n) is 8.04. The first-order valence-electron chi connectivity index (χ1n) is 10.7. The molecule has 4 rings (SSSR count). The predicted octanol–water partition coefficient (Wildman–Crippen LogP) is 5.11. The maximum absolute atomic E-state index is 6.84. The van der Waals surface area contributed by atoms with E-state index >= 15 is 0 Å². The van der Waals surface area contributed by atoms with Gasteiger partial charge in [0.25, 0.3) is 0 Å². The lowest BCUT2D eigenvalue weighted by atomic mass is 10.0. The molecule has 0 saturated carbocycles. The number of fused-ring (bicyclic) bond motifs is 1. The van der Waals surface area contributed by atoms with E-state index in [9.17, 15) is 0 Å². The molecule has 166 valence electrons. The lowest BCUT2D eigenvalue weighted by Gasteiger charge is -2.26. The van der Waals surface area contributed by atoms with Crippen LogP contribution in [0.1, 0.15) is 25.8 Å². The number of ether oxygens (including phenoxy) is 2. The highest BCUT2D eigenvalue weighted by molar-refractivity contribution is 7.14. The predicted molar refractivity (Wildman–Crippen MR) is 129 cm³/mol. The Morgan fingerprint density at radius 3 is 2.77 bits per heavy atom. The van der Waals surface area contributed by atoms with Crippen molar-refractivity contribution in [1.82, 2.24) is 14.9 Å². The summed E-state index contributed by atoms with van der Waals surface area (Å²) in [5.74, 6) is 0.758. The minimum absolute atomic E-state index is 0.326. The summed E-state index contributed by atoms with van der Waals surface area (Å²) in [6.45, 7) is 8.92. The van der Waals surface area contributed by atoms with E-state index in [1.165, 1.54) is 0 Å². The van der Waals surface area contributed by atoms with Crippen molar-refractivity contribution < 1.29 is 9.47 Å². The fourth-order valence-electron chi connectivity index (χ4n) is 3.78. The van der Waals surface area contributed by atoms with Gasteiger partial charge in [-0.2, -0.15) is 0 Å². The number of rotatable bonds is 8. The van der Waals surface area contributed by atoms with E-state index in [1.807, 2.05) is 11.4 Å². The molecule has 0 aliphatic carbocycles. The lowest BCUT2D eigenvalue weighted by molar-refractivity contribution is 0.0375. The number of pyridine rings is 1. The van der Waals surface area contributed by atoms with E-state index in [1.54, 1.807) is 18.4 Å². The maximum atomic E-state index is 6.84. The quantitative estimate of drug-likeness (QED) is 0.504. The van der Waals surface area contributed by atoms with Crippen molar-refractivity contribution in [3.05, 3.63) is 34.2 Å². The Balaban J connectivity index is 1.59. The van der Waals surface area contributed by atoms with E-state index in [-0.39, 0.29) is 0 Å². The number of hydrogen-bond acceptors (Lipinski definition) is 7. The van der Waals surface area contributed by atoms with Gasteiger partial charge in [-0.25, -0.2) is 9.97 Å². The van der Waals surface area contributed by atoms with E-state index in [0.29, 0.717) is 11.1 Å². The molecule has 1 aliphatic heterocycles. The first-order chi connectivity index (χ1) is 15.0. The Kier molecular flexibility index (Phi) is 7.27. The molecule has 31 heavy (non-hydrogen) atoms. The van der Waals surface area contributed by atoms with Crippen LogP contribution in [-0.4, -0.2) is 60.9 Å². The van der Waals surface area contributed by atoms with Gasteiger partial charge in [0, 0.05) is 36.0 Å². The number of anilines is 1. The zero-order valence-corrected chi connectivity index (χ0v) is 19.9. The Morgan fingerprint density at radius 2 is 2.03 bits per heavy atom. The van der Waals surface area contributed by atoms with Gasteiger partial charge >= 0.3 is 0 Å². The van der Waals surface area contributed by atoms with E-state index < -0.39 is 0 Å². The van der Waals surface area contributed by atoms with Crippen LogP contribution in [0.25, 0.3) is 22.3 Å². The van der Waals surface area contributed by atoms with Crippen molar-refractivity contribution in [3.63, 3.8) is 0 Å². The normalized spacial score (nSPS) is 15.0. The van der Waals surface area contributed by atoms with Crippen LogP contribution in [0.2, 0.25) is 5.02 Å². The standard InChI is InChI=1S/C23H29ClN4O2S/c1-15(2)25-23-27-19(14-31-23)18-13-20(29-3)17-7-6-16(21(24)22(17)26-18)5-4-8-28-9-11-30-12-10-28/h6-7,13-15H,4-5,8-12H2,1-3H3,(H,25,27). The van der Waals surface area contributed by atoms with Gasteiger partial charge in [-0.15, -0.1) is 11.3 Å². The summed E-state index contributed by atoms with van der Waals surface area (Å²) < 4.78 is 11.1. The number of nitrogens with zero attached hydrogens (tertiary/aromatic N) is 3. The second-order valence-corrected chi connectivity index (χ2v) is 9.28. The molecule has 1 aliphatic rings. The third kappa shape index (κ3) is 5.29. The highest BCUT2D eigenvalue weighted by Crippen LogP contribution is 2.36. The zero-order chi connectivity index (χ0) is 21.8. The third-order valence-electron chi connectivity index (χ3n) is 5.38. The summed E-state index contributed by atoms with van der Waals surface area (Å²) in [4.78, 5) is 12.0. The summed E-state index contributed by atoms with van der Waals surface area (Å²) in [7, 11) is 1.68. The molecule has 1 saturated heterocycles. The summed E-state index contributed by atoms with van der Waals surface area (Å²) in [6, 6.07) is 6.42. The fourth-order valence-corrected chi connectivity index (χ4v) is 4.94. The third-order valence-corrected chi connectivity index (χ3v) is 6.58. The molecule has 0 amide bonds. The van der Waals surface area contributed by atoms with Gasteiger partial charge < -0.3 is 14.8 Å². The smallest absolute Gasteiger partial charge is 0.183 e. The minimum Gasteiger partial charge on any atom is -0.496 e. The number of halogens is 1. The Labute approximate surface area is 192 Å². The van der Waals surface area contributed by atoms with Crippen molar-refractivity contribution in [2.75, 3.05) is 45.3 Å². The van der Waals surface area contributed by atoms with E-state index in [4.69, 9.17) is 26.1 Å². The largest absolute Gasteiger partial charge is 0.496 e. The molecule has 1 fully saturated rings. The SMILES string of the molecule is COc1cc(-c2csc(NC(C)C)n2)nc2c(Cl)c(CCCN3CCOCC3)ccc12. The van der Waals surface area contributed by atoms with Gasteiger partial charge in [-0.05, 0) is 44.9 Å². The minimum atomic E-state index is 0.326. The number of aromatic nitrogens is 2. The van der Waals surface area contributed by atoms with Crippen LogP contribution < -0.4 is 10.1 Å². The van der Waals surface area contributed by atoms with Crippen molar-refractivity contribution in [2.24, 2.45) is 0 Å². The first-order valence-corrected chi connectivity index (χ1v) is 12.0. The van der Waals surface area contributed by atoms with Gasteiger partial charge in [-0.3, -0.25) is 4.90 Å². The van der Waals surface area contributed by atoms with Crippen molar-refractivity contribution in [2.45, 2.75) is 32.7 Å². The summed E-state index contributed by atoms with van der Waals surface area (Å²) in [5.41, 5.74) is 3.48. The number of hydrogen-bond donors (Lipinski definition) is 1. The van der Waals surface area contributed by atoms with Crippen LogP contribution in [0.15, 0.2) is 23.6 Å². The zero-order valence-electron chi connectivity index (χ0n) is 18.3. The summed E-state index contributed by atoms with van der Waals surface area (Å²) in [5, 5.41) is 7.86. The maximum Gasteiger partial charge on any atom is 0.183 e. The number of methoxy groups -OCH3 is 1. The Bertz CT molecular complexity index is 1030. The van der Waals surface area contributed by atoms with Crippen LogP contribution in [0.4, 0.5) is 5.13 Å². The Hall–Kier alpha value is -1.93. The van der Waals surface area contributed by atoms with Crippen LogP contribution >= 0.6 is 22.9 Å². The molecule has 0 spiro atoms. The topological polar surface area (TPSA) is 59.5 Å². The average Bonchev–Trinajstić information content (AvgIpc) is 3.23. The number of morpholine rings is 1. The number of benzene rings is 1. The van der Waals surface area contributed by atoms with E-state index in [0.717, 1.165) is 84.4 Å². The van der Waals surface area contributed by atoms with Crippen molar-refractivity contribution in [3.8, 4) is 17.1 Å². The molecule has 1 N–H and O–H groups in total. The van der Waals surface area contributed by atoms with Crippen LogP contribution in [0, 0.1) is 0 Å². The number of aryl methyl sites for hydroxylation is 1. The second kappa shape index (κ2) is 10.1. The molecule has 6 nitrogen and oxygen atoms in total. The first kappa shape index (κ1) is 22.3. The monoisotopic (exact) mass is 460 g/mol. The van der Waals surface area contributed by atoms with Gasteiger partial charge in [-0.1, -0.05) is 17.7 Å². The fraction of sp³-hybridized carbons (Fsp3) is 0.478. The number of nitrogens with one attached hydrogen (secondary N) is 1. The summed E-state index contributed by atoms with van der Waals surface area (Å²) >= 11 is 8.42. The molecule has 3 heterocycles. The molecule has 2 aromatic heterocycles. The molecule has 0 atom stereocenters. The molecule has 1 aromatic carbocycles. The average molecular weight is 461 g/mol. The van der Waals surface area contributed by atoms with Crippen LogP contribution in [-0.2, 0) is 11.2 Å². The van der Waals surface area contributed by atoms with Crippen LogP contribution in [0.5, 0.6) is 5.75 Å². The van der Waals surface area contributed by atoms with Crippen molar-refractivity contribution in [1.29, 1.82) is 0 Å². The molecule has 0 radical (unpaired) electrons. The number of thiazole rings is 1. The van der Waals surface area contributed by atoms with Gasteiger partial charge in [0.1, 0.15) is 11.4 Å². The van der Waals surface area contributed by atoms with Gasteiger partial charge in [0.05, 0.1) is 36.6 Å². The highest BCUT2D eigenvalue weighted by Gasteiger charge is 2.16. The highest BCUT2D eigenvalue weighted by atomic mass is 35.5. The van der Waals surface area contributed by atoms with Crippen molar-refractivity contribution >= 4 is 39.0 Å². The molecule has 3 aromatic rings. The van der Waals surface area contributed by atoms with Gasteiger partial charge in [0.2, 0.25) is 0 Å². The Morgan fingerprint density at radius 1 is 1.23 bits per heavy atom. The van der Waals surface area contributed by atoms with Gasteiger partial charge in [0.15, 0.2) is 5.13 Å². The summed E-state index contributed by atoms with van der Waals surface area (Å²) in [6.07, 6.45) is 1.97. The molecule has 0 bridgehead atoms. The molecule has 0 unspecified atom stereocenters. The molecular weight excluding hydrogens is 432 g/mol.